The lowest BCUT2D eigenvalue weighted by Crippen LogP contribution is -2.06. The van der Waals surface area contributed by atoms with Crippen molar-refractivity contribution in [2.45, 2.75) is 51.0 Å². The molecule has 1 saturated carbocycles. The SMILES string of the molecule is C=C=C1CCCCCCC(O)C1. The van der Waals surface area contributed by atoms with Gasteiger partial charge in [0.05, 0.1) is 6.10 Å². The standard InChI is InChI=1S/C11H18O/c1-2-10-7-5-3-4-6-8-11(12)9-10/h11-12H,1,3-9H2. The van der Waals surface area contributed by atoms with Gasteiger partial charge >= 0.3 is 0 Å². The molecule has 0 aromatic heterocycles. The first kappa shape index (κ1) is 9.57. The zero-order valence-corrected chi connectivity index (χ0v) is 7.68. The minimum Gasteiger partial charge on any atom is -0.393 e. The summed E-state index contributed by atoms with van der Waals surface area (Å²) < 4.78 is 0. The molecule has 0 radical (unpaired) electrons. The second-order valence-corrected chi connectivity index (χ2v) is 3.59. The highest BCUT2D eigenvalue weighted by atomic mass is 16.3. The van der Waals surface area contributed by atoms with Gasteiger partial charge in [0.2, 0.25) is 0 Å². The van der Waals surface area contributed by atoms with E-state index in [-0.39, 0.29) is 6.10 Å². The topological polar surface area (TPSA) is 20.2 Å². The van der Waals surface area contributed by atoms with Crippen molar-refractivity contribution in [2.75, 3.05) is 0 Å². The van der Waals surface area contributed by atoms with Crippen molar-refractivity contribution in [3.05, 3.63) is 17.9 Å². The van der Waals surface area contributed by atoms with Crippen LogP contribution in [-0.4, -0.2) is 11.2 Å². The maximum Gasteiger partial charge on any atom is 0.0583 e. The molecule has 68 valence electrons. The second-order valence-electron chi connectivity index (χ2n) is 3.59. The van der Waals surface area contributed by atoms with Crippen LogP contribution in [0.25, 0.3) is 0 Å². The fourth-order valence-electron chi connectivity index (χ4n) is 1.72. The molecule has 1 unspecified atom stereocenters. The number of aliphatic hydroxyl groups excluding tert-OH is 1. The first-order valence-electron chi connectivity index (χ1n) is 4.89. The summed E-state index contributed by atoms with van der Waals surface area (Å²) in [6, 6.07) is 0. The predicted octanol–water partition coefficient (Wildman–Crippen LogP) is 2.80. The molecular formula is C11H18O. The molecule has 1 aliphatic carbocycles. The molecule has 0 spiro atoms. The van der Waals surface area contributed by atoms with E-state index in [0.717, 1.165) is 19.3 Å². The van der Waals surface area contributed by atoms with Crippen LogP contribution in [0.15, 0.2) is 17.9 Å². The van der Waals surface area contributed by atoms with Crippen molar-refractivity contribution in [1.29, 1.82) is 0 Å². The maximum absolute atomic E-state index is 9.55. The first-order valence-corrected chi connectivity index (χ1v) is 4.89. The van der Waals surface area contributed by atoms with Crippen molar-refractivity contribution < 1.29 is 5.11 Å². The van der Waals surface area contributed by atoms with Crippen LogP contribution in [0.3, 0.4) is 0 Å². The monoisotopic (exact) mass is 166 g/mol. The van der Waals surface area contributed by atoms with Gasteiger partial charge in [-0.15, -0.1) is 5.73 Å². The highest BCUT2D eigenvalue weighted by molar-refractivity contribution is 5.00. The summed E-state index contributed by atoms with van der Waals surface area (Å²) in [5.41, 5.74) is 4.15. The molecule has 0 aromatic rings. The molecule has 1 heteroatoms. The van der Waals surface area contributed by atoms with Crippen molar-refractivity contribution in [1.82, 2.24) is 0 Å². The Hall–Kier alpha value is -0.520. The van der Waals surface area contributed by atoms with E-state index in [4.69, 9.17) is 0 Å². The number of rotatable bonds is 0. The molecule has 1 aliphatic rings. The van der Waals surface area contributed by atoms with Gasteiger partial charge in [0.25, 0.3) is 0 Å². The largest absolute Gasteiger partial charge is 0.393 e. The zero-order valence-electron chi connectivity index (χ0n) is 7.68. The lowest BCUT2D eigenvalue weighted by atomic mass is 10.0. The van der Waals surface area contributed by atoms with Gasteiger partial charge in [0, 0.05) is 6.42 Å². The fraction of sp³-hybridized carbons (Fsp3) is 0.727. The molecule has 1 N–H and O–H groups in total. The third-order valence-corrected chi connectivity index (χ3v) is 2.50. The highest BCUT2D eigenvalue weighted by Crippen LogP contribution is 2.20. The van der Waals surface area contributed by atoms with Gasteiger partial charge < -0.3 is 5.11 Å². The average Bonchev–Trinajstić information content (AvgIpc) is 2.16. The van der Waals surface area contributed by atoms with E-state index in [1.807, 2.05) is 0 Å². The van der Waals surface area contributed by atoms with Crippen LogP contribution in [-0.2, 0) is 0 Å². The third kappa shape index (κ3) is 3.25. The fourth-order valence-corrected chi connectivity index (χ4v) is 1.72. The Bertz CT molecular complexity index is 177. The van der Waals surface area contributed by atoms with Gasteiger partial charge in [-0.25, -0.2) is 0 Å². The van der Waals surface area contributed by atoms with Crippen LogP contribution in [0.5, 0.6) is 0 Å². The summed E-state index contributed by atoms with van der Waals surface area (Å²) in [6.07, 6.45) is 7.65. The molecule has 12 heavy (non-hydrogen) atoms. The number of hydrogen-bond donors (Lipinski definition) is 1. The average molecular weight is 166 g/mol. The van der Waals surface area contributed by atoms with E-state index >= 15 is 0 Å². The van der Waals surface area contributed by atoms with Crippen LogP contribution in [0.4, 0.5) is 0 Å². The minimum absolute atomic E-state index is 0.146. The highest BCUT2D eigenvalue weighted by Gasteiger charge is 2.09. The van der Waals surface area contributed by atoms with Crippen molar-refractivity contribution >= 4 is 0 Å². The molecule has 0 aromatic carbocycles. The Labute approximate surface area is 74.8 Å². The van der Waals surface area contributed by atoms with Crippen molar-refractivity contribution in [3.63, 3.8) is 0 Å². The Balaban J connectivity index is 2.49. The van der Waals surface area contributed by atoms with Crippen LogP contribution >= 0.6 is 0 Å². The summed E-state index contributed by atoms with van der Waals surface area (Å²) in [7, 11) is 0. The summed E-state index contributed by atoms with van der Waals surface area (Å²) in [5, 5.41) is 9.55. The quantitative estimate of drug-likeness (QED) is 0.549. The molecule has 0 saturated heterocycles. The zero-order chi connectivity index (χ0) is 8.81. The van der Waals surface area contributed by atoms with E-state index in [0.29, 0.717) is 0 Å². The first-order chi connectivity index (χ1) is 5.83. The van der Waals surface area contributed by atoms with Gasteiger partial charge in [-0.1, -0.05) is 25.8 Å². The normalized spacial score (nSPS) is 26.8. The van der Waals surface area contributed by atoms with Crippen LogP contribution in [0.1, 0.15) is 44.9 Å². The van der Waals surface area contributed by atoms with Crippen molar-refractivity contribution in [2.24, 2.45) is 0 Å². The predicted molar refractivity (Wildman–Crippen MR) is 51.0 cm³/mol. The van der Waals surface area contributed by atoms with E-state index in [1.54, 1.807) is 0 Å². The molecule has 1 fully saturated rings. The molecule has 0 aliphatic heterocycles. The summed E-state index contributed by atoms with van der Waals surface area (Å²) in [5.74, 6) is 0. The lowest BCUT2D eigenvalue weighted by Gasteiger charge is -2.08. The molecule has 1 atom stereocenters. The van der Waals surface area contributed by atoms with E-state index in [1.165, 1.54) is 31.3 Å². The van der Waals surface area contributed by atoms with E-state index in [2.05, 4.69) is 12.3 Å². The maximum atomic E-state index is 9.55. The Kier molecular flexibility index (Phi) is 4.13. The lowest BCUT2D eigenvalue weighted by molar-refractivity contribution is 0.161. The van der Waals surface area contributed by atoms with Gasteiger partial charge in [-0.3, -0.25) is 0 Å². The Morgan fingerprint density at radius 1 is 1.25 bits per heavy atom. The second kappa shape index (κ2) is 5.18. The summed E-state index contributed by atoms with van der Waals surface area (Å²) in [4.78, 5) is 0. The molecule has 1 nitrogen and oxygen atoms in total. The van der Waals surface area contributed by atoms with Gasteiger partial charge in [-0.2, -0.15) is 0 Å². The van der Waals surface area contributed by atoms with Crippen LogP contribution in [0.2, 0.25) is 0 Å². The van der Waals surface area contributed by atoms with Crippen LogP contribution in [0, 0.1) is 0 Å². The van der Waals surface area contributed by atoms with Gasteiger partial charge in [0.1, 0.15) is 0 Å². The smallest absolute Gasteiger partial charge is 0.0583 e. The minimum atomic E-state index is -0.146. The van der Waals surface area contributed by atoms with Gasteiger partial charge in [0.15, 0.2) is 0 Å². The molecule has 0 bridgehead atoms. The summed E-state index contributed by atoms with van der Waals surface area (Å²) in [6.45, 7) is 3.65. The van der Waals surface area contributed by atoms with E-state index < -0.39 is 0 Å². The van der Waals surface area contributed by atoms with Gasteiger partial charge in [-0.05, 0) is 24.8 Å². The molecule has 1 rings (SSSR count). The molecule has 0 heterocycles. The summed E-state index contributed by atoms with van der Waals surface area (Å²) >= 11 is 0. The Morgan fingerprint density at radius 3 is 2.75 bits per heavy atom. The van der Waals surface area contributed by atoms with Crippen LogP contribution < -0.4 is 0 Å². The third-order valence-electron chi connectivity index (χ3n) is 2.50. The van der Waals surface area contributed by atoms with Crippen molar-refractivity contribution in [3.8, 4) is 0 Å². The molecule has 0 amide bonds. The van der Waals surface area contributed by atoms with E-state index in [9.17, 15) is 5.11 Å². The Morgan fingerprint density at radius 2 is 2.00 bits per heavy atom. The number of aliphatic hydroxyl groups is 1. The molecular weight excluding hydrogens is 148 g/mol. The number of hydrogen-bond acceptors (Lipinski definition) is 1.